The SMILES string of the molecule is O=C(CSc1nnc2n1CCCCC2)N(C1CCCC1)C1CCS(=O)(=O)C1. The molecule has 1 aliphatic carbocycles. The van der Waals surface area contributed by atoms with E-state index < -0.39 is 9.84 Å². The fraction of sp³-hybridized carbons (Fsp3) is 0.833. The zero-order valence-electron chi connectivity index (χ0n) is 15.7. The topological polar surface area (TPSA) is 85.2 Å². The first kappa shape index (κ1) is 19.2. The maximum atomic E-state index is 13.1. The predicted octanol–water partition coefficient (Wildman–Crippen LogP) is 2.05. The molecular formula is C18H28N4O3S2. The van der Waals surface area contributed by atoms with E-state index in [1.165, 1.54) is 18.2 Å². The summed E-state index contributed by atoms with van der Waals surface area (Å²) in [5.41, 5.74) is 0. The van der Waals surface area contributed by atoms with Crippen LogP contribution in [-0.2, 0) is 27.6 Å². The summed E-state index contributed by atoms with van der Waals surface area (Å²) in [5, 5.41) is 9.42. The normalized spacial score (nSPS) is 25.3. The molecule has 0 N–H and O–H groups in total. The van der Waals surface area contributed by atoms with Crippen molar-refractivity contribution in [3.05, 3.63) is 5.82 Å². The van der Waals surface area contributed by atoms with E-state index in [0.29, 0.717) is 12.2 Å². The number of amides is 1. The summed E-state index contributed by atoms with van der Waals surface area (Å²) in [7, 11) is -3.00. The van der Waals surface area contributed by atoms with Crippen LogP contribution in [0.2, 0.25) is 0 Å². The monoisotopic (exact) mass is 412 g/mol. The highest BCUT2D eigenvalue weighted by atomic mass is 32.2. The highest BCUT2D eigenvalue weighted by Gasteiger charge is 2.39. The van der Waals surface area contributed by atoms with Crippen molar-refractivity contribution in [2.75, 3.05) is 17.3 Å². The van der Waals surface area contributed by atoms with Crippen molar-refractivity contribution in [1.82, 2.24) is 19.7 Å². The summed E-state index contributed by atoms with van der Waals surface area (Å²) >= 11 is 1.45. The van der Waals surface area contributed by atoms with Gasteiger partial charge in [0.2, 0.25) is 5.91 Å². The molecule has 1 amide bonds. The Hall–Kier alpha value is -1.09. The standard InChI is InChI=1S/C18H28N4O3S2/c23-17(12-26-18-20-19-16-8-2-1-5-10-21(16)18)22(14-6-3-4-7-14)15-9-11-27(24,25)13-15/h14-15H,1-13H2. The van der Waals surface area contributed by atoms with E-state index in [1.807, 2.05) is 4.90 Å². The predicted molar refractivity (Wildman–Crippen MR) is 104 cm³/mol. The number of thioether (sulfide) groups is 1. The molecule has 0 bridgehead atoms. The molecule has 0 radical (unpaired) electrons. The van der Waals surface area contributed by atoms with Crippen LogP contribution in [0.5, 0.6) is 0 Å². The molecule has 4 rings (SSSR count). The number of sulfone groups is 1. The Morgan fingerprint density at radius 1 is 1.07 bits per heavy atom. The van der Waals surface area contributed by atoms with E-state index in [0.717, 1.165) is 62.5 Å². The van der Waals surface area contributed by atoms with Gasteiger partial charge >= 0.3 is 0 Å². The molecule has 1 aromatic heterocycles. The third-order valence-electron chi connectivity index (χ3n) is 6.01. The van der Waals surface area contributed by atoms with Gasteiger partial charge in [-0.05, 0) is 32.1 Å². The number of hydrogen-bond acceptors (Lipinski definition) is 6. The van der Waals surface area contributed by atoms with Crippen molar-refractivity contribution in [2.24, 2.45) is 0 Å². The molecule has 0 spiro atoms. The molecule has 7 nitrogen and oxygen atoms in total. The van der Waals surface area contributed by atoms with Crippen LogP contribution < -0.4 is 0 Å². The van der Waals surface area contributed by atoms with E-state index in [1.54, 1.807) is 0 Å². The van der Waals surface area contributed by atoms with Crippen LogP contribution in [0.25, 0.3) is 0 Å². The number of fused-ring (bicyclic) bond motifs is 1. The van der Waals surface area contributed by atoms with Gasteiger partial charge in [0.15, 0.2) is 15.0 Å². The van der Waals surface area contributed by atoms with Gasteiger partial charge in [0.05, 0.1) is 17.3 Å². The van der Waals surface area contributed by atoms with E-state index in [4.69, 9.17) is 0 Å². The molecule has 9 heteroatoms. The highest BCUT2D eigenvalue weighted by Crippen LogP contribution is 2.30. The van der Waals surface area contributed by atoms with Crippen molar-refractivity contribution >= 4 is 27.5 Å². The molecule has 1 atom stereocenters. The van der Waals surface area contributed by atoms with Crippen molar-refractivity contribution < 1.29 is 13.2 Å². The average molecular weight is 413 g/mol. The third-order valence-corrected chi connectivity index (χ3v) is 8.71. The van der Waals surface area contributed by atoms with Crippen LogP contribution in [0.1, 0.15) is 57.2 Å². The van der Waals surface area contributed by atoms with Gasteiger partial charge in [-0.2, -0.15) is 0 Å². The van der Waals surface area contributed by atoms with Gasteiger partial charge in [0.1, 0.15) is 5.82 Å². The second-order valence-electron chi connectivity index (χ2n) is 7.95. The lowest BCUT2D eigenvalue weighted by molar-refractivity contribution is -0.132. The molecule has 1 saturated heterocycles. The quantitative estimate of drug-likeness (QED) is 0.688. The van der Waals surface area contributed by atoms with Crippen LogP contribution in [0.15, 0.2) is 5.16 Å². The summed E-state index contributed by atoms with van der Waals surface area (Å²) in [4.78, 5) is 15.0. The number of aromatic nitrogens is 3. The fourth-order valence-electron chi connectivity index (χ4n) is 4.65. The van der Waals surface area contributed by atoms with Crippen molar-refractivity contribution in [1.29, 1.82) is 0 Å². The first-order chi connectivity index (χ1) is 13.0. The highest BCUT2D eigenvalue weighted by molar-refractivity contribution is 7.99. The lowest BCUT2D eigenvalue weighted by Crippen LogP contribution is -2.47. The molecule has 2 fully saturated rings. The Bertz CT molecular complexity index is 787. The van der Waals surface area contributed by atoms with Gasteiger partial charge in [-0.1, -0.05) is 31.0 Å². The second kappa shape index (κ2) is 8.11. The minimum absolute atomic E-state index is 0.0555. The Balaban J connectivity index is 1.45. The smallest absolute Gasteiger partial charge is 0.233 e. The lowest BCUT2D eigenvalue weighted by atomic mass is 10.1. The molecule has 2 aliphatic heterocycles. The minimum Gasteiger partial charge on any atom is -0.335 e. The zero-order valence-corrected chi connectivity index (χ0v) is 17.3. The van der Waals surface area contributed by atoms with Crippen LogP contribution in [0, 0.1) is 0 Å². The molecule has 1 saturated carbocycles. The fourth-order valence-corrected chi connectivity index (χ4v) is 7.21. The molecule has 1 unspecified atom stereocenters. The summed E-state index contributed by atoms with van der Waals surface area (Å²) < 4.78 is 26.1. The van der Waals surface area contributed by atoms with Gasteiger partial charge in [0, 0.05) is 25.0 Å². The van der Waals surface area contributed by atoms with E-state index in [2.05, 4.69) is 14.8 Å². The molecule has 0 aromatic carbocycles. The minimum atomic E-state index is -3.00. The number of carbonyl (C=O) groups is 1. The van der Waals surface area contributed by atoms with Gasteiger partial charge in [0.25, 0.3) is 0 Å². The number of carbonyl (C=O) groups excluding carboxylic acids is 1. The Kier molecular flexibility index (Phi) is 5.78. The van der Waals surface area contributed by atoms with Crippen LogP contribution in [0.4, 0.5) is 0 Å². The second-order valence-corrected chi connectivity index (χ2v) is 11.1. The molecular weight excluding hydrogens is 384 g/mol. The van der Waals surface area contributed by atoms with Gasteiger partial charge in [-0.15, -0.1) is 10.2 Å². The maximum Gasteiger partial charge on any atom is 0.233 e. The third kappa shape index (κ3) is 4.34. The molecule has 27 heavy (non-hydrogen) atoms. The van der Waals surface area contributed by atoms with Crippen LogP contribution >= 0.6 is 11.8 Å². The zero-order chi connectivity index (χ0) is 18.9. The Morgan fingerprint density at radius 3 is 2.63 bits per heavy atom. The van der Waals surface area contributed by atoms with Crippen molar-refractivity contribution in [3.63, 3.8) is 0 Å². The molecule has 3 aliphatic rings. The van der Waals surface area contributed by atoms with E-state index >= 15 is 0 Å². The van der Waals surface area contributed by atoms with Gasteiger partial charge in [-0.25, -0.2) is 8.42 Å². The molecule has 150 valence electrons. The lowest BCUT2D eigenvalue weighted by Gasteiger charge is -2.34. The average Bonchev–Trinajstić information content (AvgIpc) is 3.32. The summed E-state index contributed by atoms with van der Waals surface area (Å²) in [6.45, 7) is 0.923. The molecule has 1 aromatic rings. The first-order valence-electron chi connectivity index (χ1n) is 10.1. The van der Waals surface area contributed by atoms with Crippen LogP contribution in [0.3, 0.4) is 0 Å². The summed E-state index contributed by atoms with van der Waals surface area (Å²) in [6, 6.07) is 0.0497. The van der Waals surface area contributed by atoms with E-state index in [9.17, 15) is 13.2 Å². The summed E-state index contributed by atoms with van der Waals surface area (Å²) in [5.74, 6) is 1.72. The Labute approximate surface area is 165 Å². The maximum absolute atomic E-state index is 13.1. The largest absolute Gasteiger partial charge is 0.335 e. The first-order valence-corrected chi connectivity index (χ1v) is 12.9. The number of rotatable bonds is 5. The Morgan fingerprint density at radius 2 is 1.89 bits per heavy atom. The van der Waals surface area contributed by atoms with Crippen LogP contribution in [-0.4, -0.2) is 63.3 Å². The summed E-state index contributed by atoms with van der Waals surface area (Å²) in [6.07, 6.45) is 9.25. The number of hydrogen-bond donors (Lipinski definition) is 0. The van der Waals surface area contributed by atoms with E-state index in [-0.39, 0.29) is 29.5 Å². The number of nitrogens with zero attached hydrogens (tertiary/aromatic N) is 4. The van der Waals surface area contributed by atoms with Gasteiger partial charge in [-0.3, -0.25) is 4.79 Å². The van der Waals surface area contributed by atoms with Gasteiger partial charge < -0.3 is 9.47 Å². The number of aryl methyl sites for hydroxylation is 1. The van der Waals surface area contributed by atoms with Crippen molar-refractivity contribution in [2.45, 2.75) is 81.6 Å². The molecule has 3 heterocycles. The van der Waals surface area contributed by atoms with Crippen molar-refractivity contribution in [3.8, 4) is 0 Å².